The van der Waals surface area contributed by atoms with Crippen LogP contribution in [0.2, 0.25) is 0 Å². The number of nitrogens with one attached hydrogen (secondary N) is 1. The lowest BCUT2D eigenvalue weighted by Gasteiger charge is -2.26. The number of benzene rings is 1. The van der Waals surface area contributed by atoms with Gasteiger partial charge in [-0.25, -0.2) is 0 Å². The Bertz CT molecular complexity index is 451. The Hall–Kier alpha value is -1.26. The van der Waals surface area contributed by atoms with Crippen LogP contribution in [0.4, 0.5) is 0 Å². The van der Waals surface area contributed by atoms with Gasteiger partial charge in [-0.05, 0) is 37.4 Å². The SMILES string of the molecule is COc1cccc(CC2CCCN2)c1OC1CCOCC1. The third-order valence-corrected chi connectivity index (χ3v) is 4.36. The second-order valence-electron chi connectivity index (χ2n) is 5.88. The van der Waals surface area contributed by atoms with Gasteiger partial charge in [0, 0.05) is 18.9 Å². The van der Waals surface area contributed by atoms with Gasteiger partial charge in [-0.2, -0.15) is 0 Å². The van der Waals surface area contributed by atoms with E-state index in [1.807, 2.05) is 6.07 Å². The van der Waals surface area contributed by atoms with Crippen LogP contribution in [-0.4, -0.2) is 39.0 Å². The molecule has 2 heterocycles. The fourth-order valence-corrected chi connectivity index (χ4v) is 3.17. The maximum Gasteiger partial charge on any atom is 0.164 e. The zero-order valence-corrected chi connectivity index (χ0v) is 12.8. The predicted octanol–water partition coefficient (Wildman–Crippen LogP) is 2.55. The summed E-state index contributed by atoms with van der Waals surface area (Å²) in [6.45, 7) is 2.71. The summed E-state index contributed by atoms with van der Waals surface area (Å²) in [4.78, 5) is 0. The predicted molar refractivity (Wildman–Crippen MR) is 82.2 cm³/mol. The average molecular weight is 291 g/mol. The summed E-state index contributed by atoms with van der Waals surface area (Å²) in [5.74, 6) is 1.78. The summed E-state index contributed by atoms with van der Waals surface area (Å²) in [6, 6.07) is 6.77. The molecule has 1 atom stereocenters. The molecule has 0 spiro atoms. The first-order valence-corrected chi connectivity index (χ1v) is 8.00. The summed E-state index contributed by atoms with van der Waals surface area (Å²) in [5, 5.41) is 3.56. The zero-order chi connectivity index (χ0) is 14.5. The fraction of sp³-hybridized carbons (Fsp3) is 0.647. The van der Waals surface area contributed by atoms with E-state index in [4.69, 9.17) is 14.2 Å². The topological polar surface area (TPSA) is 39.7 Å². The van der Waals surface area contributed by atoms with Crippen LogP contribution in [-0.2, 0) is 11.2 Å². The van der Waals surface area contributed by atoms with Crippen LogP contribution in [0, 0.1) is 0 Å². The number of hydrogen-bond acceptors (Lipinski definition) is 4. The lowest BCUT2D eigenvalue weighted by molar-refractivity contribution is 0.0241. The number of methoxy groups -OCH3 is 1. The number of hydrogen-bond donors (Lipinski definition) is 1. The van der Waals surface area contributed by atoms with Crippen molar-refractivity contribution in [2.75, 3.05) is 26.9 Å². The summed E-state index contributed by atoms with van der Waals surface area (Å²) >= 11 is 0. The molecule has 1 N–H and O–H groups in total. The molecule has 1 aromatic carbocycles. The molecule has 0 radical (unpaired) electrons. The maximum atomic E-state index is 6.29. The van der Waals surface area contributed by atoms with Gasteiger partial charge in [0.2, 0.25) is 0 Å². The van der Waals surface area contributed by atoms with Crippen molar-refractivity contribution >= 4 is 0 Å². The summed E-state index contributed by atoms with van der Waals surface area (Å²) in [7, 11) is 1.71. The van der Waals surface area contributed by atoms with Crippen molar-refractivity contribution in [3.63, 3.8) is 0 Å². The Morgan fingerprint density at radius 1 is 1.24 bits per heavy atom. The van der Waals surface area contributed by atoms with Crippen molar-refractivity contribution in [1.82, 2.24) is 5.32 Å². The lowest BCUT2D eigenvalue weighted by Crippen LogP contribution is -2.27. The highest BCUT2D eigenvalue weighted by Gasteiger charge is 2.22. The van der Waals surface area contributed by atoms with E-state index in [1.165, 1.54) is 18.4 Å². The number of ether oxygens (including phenoxy) is 3. The maximum absolute atomic E-state index is 6.29. The van der Waals surface area contributed by atoms with Crippen LogP contribution >= 0.6 is 0 Å². The molecule has 1 unspecified atom stereocenters. The van der Waals surface area contributed by atoms with Crippen molar-refractivity contribution in [1.29, 1.82) is 0 Å². The lowest BCUT2D eigenvalue weighted by atomic mass is 10.0. The van der Waals surface area contributed by atoms with E-state index >= 15 is 0 Å². The van der Waals surface area contributed by atoms with Gasteiger partial charge in [0.25, 0.3) is 0 Å². The van der Waals surface area contributed by atoms with E-state index in [1.54, 1.807) is 7.11 Å². The van der Waals surface area contributed by atoms with Crippen molar-refractivity contribution in [3.05, 3.63) is 23.8 Å². The van der Waals surface area contributed by atoms with Crippen LogP contribution in [0.1, 0.15) is 31.2 Å². The van der Waals surface area contributed by atoms with E-state index in [2.05, 4.69) is 17.4 Å². The van der Waals surface area contributed by atoms with Crippen LogP contribution in [0.15, 0.2) is 18.2 Å². The first-order valence-electron chi connectivity index (χ1n) is 8.00. The Balaban J connectivity index is 1.77. The minimum Gasteiger partial charge on any atom is -0.493 e. The van der Waals surface area contributed by atoms with Gasteiger partial charge in [-0.15, -0.1) is 0 Å². The average Bonchev–Trinajstić information content (AvgIpc) is 3.03. The molecular formula is C17H25NO3. The number of rotatable bonds is 5. The second-order valence-corrected chi connectivity index (χ2v) is 5.88. The molecule has 2 fully saturated rings. The van der Waals surface area contributed by atoms with E-state index < -0.39 is 0 Å². The summed E-state index contributed by atoms with van der Waals surface area (Å²) in [6.07, 6.45) is 5.68. The fourth-order valence-electron chi connectivity index (χ4n) is 3.17. The van der Waals surface area contributed by atoms with Gasteiger partial charge in [-0.3, -0.25) is 0 Å². The first-order chi connectivity index (χ1) is 10.4. The molecule has 4 heteroatoms. The molecule has 2 aliphatic rings. The molecule has 3 rings (SSSR count). The minimum atomic E-state index is 0.241. The molecule has 21 heavy (non-hydrogen) atoms. The summed E-state index contributed by atoms with van der Waals surface area (Å²) < 4.78 is 17.2. The van der Waals surface area contributed by atoms with E-state index in [0.29, 0.717) is 6.04 Å². The highest BCUT2D eigenvalue weighted by Crippen LogP contribution is 2.34. The van der Waals surface area contributed by atoms with Gasteiger partial charge < -0.3 is 19.5 Å². The molecule has 0 aliphatic carbocycles. The normalized spacial score (nSPS) is 23.2. The van der Waals surface area contributed by atoms with Gasteiger partial charge in [0.15, 0.2) is 11.5 Å². The molecule has 2 aliphatic heterocycles. The molecule has 0 amide bonds. The molecule has 4 nitrogen and oxygen atoms in total. The molecule has 0 aromatic heterocycles. The van der Waals surface area contributed by atoms with E-state index in [-0.39, 0.29) is 6.10 Å². The highest BCUT2D eigenvalue weighted by molar-refractivity contribution is 5.47. The minimum absolute atomic E-state index is 0.241. The molecule has 116 valence electrons. The van der Waals surface area contributed by atoms with Gasteiger partial charge in [0.1, 0.15) is 6.10 Å². The monoisotopic (exact) mass is 291 g/mol. The Morgan fingerprint density at radius 2 is 2.10 bits per heavy atom. The summed E-state index contributed by atoms with van der Waals surface area (Å²) in [5.41, 5.74) is 1.25. The van der Waals surface area contributed by atoms with Crippen molar-refractivity contribution < 1.29 is 14.2 Å². The molecule has 0 bridgehead atoms. The molecule has 2 saturated heterocycles. The third kappa shape index (κ3) is 3.69. The van der Waals surface area contributed by atoms with Crippen LogP contribution in [0.25, 0.3) is 0 Å². The van der Waals surface area contributed by atoms with Crippen molar-refractivity contribution in [2.45, 2.75) is 44.2 Å². The molecular weight excluding hydrogens is 266 g/mol. The second kappa shape index (κ2) is 7.14. The Morgan fingerprint density at radius 3 is 2.81 bits per heavy atom. The standard InChI is InChI=1S/C17H25NO3/c1-19-16-6-2-4-13(12-14-5-3-9-18-14)17(16)21-15-7-10-20-11-8-15/h2,4,6,14-15,18H,3,5,7-12H2,1H3. The van der Waals surface area contributed by atoms with Crippen LogP contribution in [0.5, 0.6) is 11.5 Å². The van der Waals surface area contributed by atoms with Crippen molar-refractivity contribution in [2.24, 2.45) is 0 Å². The first kappa shape index (κ1) is 14.7. The van der Waals surface area contributed by atoms with Gasteiger partial charge >= 0.3 is 0 Å². The van der Waals surface area contributed by atoms with Crippen molar-refractivity contribution in [3.8, 4) is 11.5 Å². The zero-order valence-electron chi connectivity index (χ0n) is 12.8. The quantitative estimate of drug-likeness (QED) is 0.905. The molecule has 1 aromatic rings. The van der Waals surface area contributed by atoms with Crippen LogP contribution < -0.4 is 14.8 Å². The number of para-hydroxylation sites is 1. The third-order valence-electron chi connectivity index (χ3n) is 4.36. The highest BCUT2D eigenvalue weighted by atomic mass is 16.5. The van der Waals surface area contributed by atoms with E-state index in [0.717, 1.165) is 50.5 Å². The molecule has 0 saturated carbocycles. The van der Waals surface area contributed by atoms with Gasteiger partial charge in [-0.1, -0.05) is 12.1 Å². The Labute approximate surface area is 126 Å². The van der Waals surface area contributed by atoms with Crippen LogP contribution in [0.3, 0.4) is 0 Å². The Kier molecular flexibility index (Phi) is 4.99. The smallest absolute Gasteiger partial charge is 0.164 e. The van der Waals surface area contributed by atoms with E-state index in [9.17, 15) is 0 Å². The van der Waals surface area contributed by atoms with Gasteiger partial charge in [0.05, 0.1) is 20.3 Å². The largest absolute Gasteiger partial charge is 0.493 e.